The zero-order valence-corrected chi connectivity index (χ0v) is 11.1. The molecule has 2 rings (SSSR count). The summed E-state index contributed by atoms with van der Waals surface area (Å²) in [5, 5.41) is 0. The quantitative estimate of drug-likeness (QED) is 0.585. The van der Waals surface area contributed by atoms with Gasteiger partial charge in [0, 0.05) is 24.8 Å². The van der Waals surface area contributed by atoms with Crippen LogP contribution >= 0.6 is 0 Å². The Hall–Kier alpha value is -2.00. The molecule has 0 unspecified atom stereocenters. The Morgan fingerprint density at radius 3 is 2.58 bits per heavy atom. The van der Waals surface area contributed by atoms with Crippen molar-refractivity contribution in [3.8, 4) is 0 Å². The molecular weight excluding hydrogens is 238 g/mol. The predicted molar refractivity (Wildman–Crippen MR) is 73.0 cm³/mol. The van der Waals surface area contributed by atoms with Crippen molar-refractivity contribution in [2.24, 2.45) is 0 Å². The lowest BCUT2D eigenvalue weighted by molar-refractivity contribution is -0.690. The lowest BCUT2D eigenvalue weighted by Gasteiger charge is -2.03. The number of ketones is 1. The van der Waals surface area contributed by atoms with Crippen LogP contribution in [0.2, 0.25) is 0 Å². The number of aromatic nitrogens is 1. The van der Waals surface area contributed by atoms with Crippen molar-refractivity contribution in [1.82, 2.24) is 0 Å². The first kappa shape index (κ1) is 13.4. The minimum Gasteiger partial charge on any atom is -0.384 e. The maximum Gasteiger partial charge on any atom is 0.227 e. The van der Waals surface area contributed by atoms with Crippen LogP contribution in [0, 0.1) is 0 Å². The van der Waals surface area contributed by atoms with E-state index in [1.165, 1.54) is 0 Å². The first-order valence-electron chi connectivity index (χ1n) is 6.36. The largest absolute Gasteiger partial charge is 0.384 e. The van der Waals surface area contributed by atoms with Gasteiger partial charge in [-0.1, -0.05) is 36.4 Å². The van der Waals surface area contributed by atoms with Crippen LogP contribution in [0.1, 0.15) is 16.1 Å². The third-order valence-corrected chi connectivity index (χ3v) is 3.01. The van der Waals surface area contributed by atoms with Crippen molar-refractivity contribution in [1.29, 1.82) is 0 Å². The van der Waals surface area contributed by atoms with Crippen molar-refractivity contribution in [2.75, 3.05) is 13.7 Å². The Kier molecular flexibility index (Phi) is 4.81. The van der Waals surface area contributed by atoms with E-state index in [9.17, 15) is 4.79 Å². The van der Waals surface area contributed by atoms with E-state index in [1.807, 2.05) is 59.3 Å². The lowest BCUT2D eigenvalue weighted by atomic mass is 10.1. The highest BCUT2D eigenvalue weighted by Gasteiger charge is 2.15. The maximum absolute atomic E-state index is 12.2. The summed E-state index contributed by atoms with van der Waals surface area (Å²) in [5.74, 6) is 0.121. The number of hydrogen-bond acceptors (Lipinski definition) is 2. The predicted octanol–water partition coefficient (Wildman–Crippen LogP) is 2.05. The average Bonchev–Trinajstić information content (AvgIpc) is 2.47. The highest BCUT2D eigenvalue weighted by Crippen LogP contribution is 2.01. The van der Waals surface area contributed by atoms with Crippen molar-refractivity contribution < 1.29 is 14.1 Å². The standard InChI is InChI=1S/C16H18NO2/c1-19-12-10-15-9-5-6-11-17(15)13-16(18)14-7-3-2-4-8-14/h2-9,11H,10,12-13H2,1H3/q+1. The Labute approximate surface area is 113 Å². The number of methoxy groups -OCH3 is 1. The molecule has 0 aliphatic rings. The van der Waals surface area contributed by atoms with Crippen molar-refractivity contribution in [3.63, 3.8) is 0 Å². The topological polar surface area (TPSA) is 30.2 Å². The molecule has 1 aromatic carbocycles. The minimum atomic E-state index is 0.121. The molecule has 0 radical (unpaired) electrons. The van der Waals surface area contributed by atoms with Crippen LogP contribution in [-0.2, 0) is 17.7 Å². The number of pyridine rings is 1. The minimum absolute atomic E-state index is 0.121. The first-order chi connectivity index (χ1) is 9.31. The van der Waals surface area contributed by atoms with Crippen LogP contribution in [-0.4, -0.2) is 19.5 Å². The third-order valence-electron chi connectivity index (χ3n) is 3.01. The molecule has 0 bridgehead atoms. The summed E-state index contributed by atoms with van der Waals surface area (Å²) in [7, 11) is 1.68. The normalized spacial score (nSPS) is 10.4. The Morgan fingerprint density at radius 1 is 1.11 bits per heavy atom. The van der Waals surface area contributed by atoms with Crippen molar-refractivity contribution in [2.45, 2.75) is 13.0 Å². The maximum atomic E-state index is 12.2. The van der Waals surface area contributed by atoms with Crippen molar-refractivity contribution in [3.05, 3.63) is 66.0 Å². The molecule has 19 heavy (non-hydrogen) atoms. The summed E-state index contributed by atoms with van der Waals surface area (Å²) in [6.07, 6.45) is 2.74. The molecule has 0 saturated carbocycles. The van der Waals surface area contributed by atoms with Gasteiger partial charge < -0.3 is 4.74 Å². The van der Waals surface area contributed by atoms with E-state index >= 15 is 0 Å². The monoisotopic (exact) mass is 256 g/mol. The van der Waals surface area contributed by atoms with E-state index in [0.717, 1.165) is 17.7 Å². The number of rotatable bonds is 6. The molecule has 1 heterocycles. The number of hydrogen-bond donors (Lipinski definition) is 0. The number of ether oxygens (including phenoxy) is 1. The second kappa shape index (κ2) is 6.81. The fourth-order valence-corrected chi connectivity index (χ4v) is 1.97. The van der Waals surface area contributed by atoms with Crippen LogP contribution in [0.4, 0.5) is 0 Å². The zero-order chi connectivity index (χ0) is 13.5. The molecule has 0 fully saturated rings. The van der Waals surface area contributed by atoms with Crippen LogP contribution in [0.15, 0.2) is 54.7 Å². The van der Waals surface area contributed by atoms with Gasteiger partial charge in [0.25, 0.3) is 0 Å². The molecule has 0 saturated heterocycles. The number of nitrogens with zero attached hydrogens (tertiary/aromatic N) is 1. The van der Waals surface area contributed by atoms with E-state index in [0.29, 0.717) is 13.2 Å². The molecule has 0 aliphatic heterocycles. The average molecular weight is 256 g/mol. The molecule has 2 aromatic rings. The fraction of sp³-hybridized carbons (Fsp3) is 0.250. The summed E-state index contributed by atoms with van der Waals surface area (Å²) in [6.45, 7) is 1.02. The smallest absolute Gasteiger partial charge is 0.227 e. The van der Waals surface area contributed by atoms with Gasteiger partial charge in [-0.15, -0.1) is 0 Å². The lowest BCUT2D eigenvalue weighted by Crippen LogP contribution is -2.42. The van der Waals surface area contributed by atoms with Gasteiger partial charge in [0.2, 0.25) is 12.3 Å². The van der Waals surface area contributed by atoms with Gasteiger partial charge in [0.05, 0.1) is 13.0 Å². The van der Waals surface area contributed by atoms with Crippen LogP contribution in [0.3, 0.4) is 0 Å². The van der Waals surface area contributed by atoms with Crippen molar-refractivity contribution >= 4 is 5.78 Å². The molecule has 3 heteroatoms. The highest BCUT2D eigenvalue weighted by atomic mass is 16.5. The van der Waals surface area contributed by atoms with E-state index < -0.39 is 0 Å². The van der Waals surface area contributed by atoms with E-state index in [1.54, 1.807) is 7.11 Å². The van der Waals surface area contributed by atoms with Gasteiger partial charge in [-0.25, -0.2) is 0 Å². The van der Waals surface area contributed by atoms with Gasteiger partial charge in [0.1, 0.15) is 0 Å². The summed E-state index contributed by atoms with van der Waals surface area (Å²) >= 11 is 0. The Bertz CT molecular complexity index is 537. The molecule has 0 aliphatic carbocycles. The van der Waals surface area contributed by atoms with Crippen LogP contribution < -0.4 is 4.57 Å². The SMILES string of the molecule is COCCc1cccc[n+]1CC(=O)c1ccccc1. The van der Waals surface area contributed by atoms with Gasteiger partial charge in [-0.05, 0) is 0 Å². The van der Waals surface area contributed by atoms with E-state index in [-0.39, 0.29) is 5.78 Å². The second-order valence-electron chi connectivity index (χ2n) is 4.35. The number of carbonyl (C=O) groups excluding carboxylic acids is 1. The summed E-state index contributed by atoms with van der Waals surface area (Å²) < 4.78 is 7.07. The summed E-state index contributed by atoms with van der Waals surface area (Å²) in [4.78, 5) is 12.2. The van der Waals surface area contributed by atoms with Gasteiger partial charge in [0.15, 0.2) is 11.9 Å². The third kappa shape index (κ3) is 3.73. The van der Waals surface area contributed by atoms with Gasteiger partial charge in [-0.3, -0.25) is 4.79 Å². The Balaban J connectivity index is 2.12. The molecular formula is C16H18NO2+. The fourth-order valence-electron chi connectivity index (χ4n) is 1.97. The van der Waals surface area contributed by atoms with E-state index in [4.69, 9.17) is 4.74 Å². The van der Waals surface area contributed by atoms with Crippen LogP contribution in [0.5, 0.6) is 0 Å². The summed E-state index contributed by atoms with van der Waals surface area (Å²) in [6, 6.07) is 15.3. The molecule has 0 amide bonds. The Morgan fingerprint density at radius 2 is 1.84 bits per heavy atom. The zero-order valence-electron chi connectivity index (χ0n) is 11.1. The molecule has 0 spiro atoms. The number of Topliss-reactive ketones (excluding diaryl/α,β-unsaturated/α-hetero) is 1. The molecule has 98 valence electrons. The first-order valence-corrected chi connectivity index (χ1v) is 6.36. The number of carbonyl (C=O) groups is 1. The molecule has 3 nitrogen and oxygen atoms in total. The van der Waals surface area contributed by atoms with Crippen LogP contribution in [0.25, 0.3) is 0 Å². The molecule has 1 aromatic heterocycles. The van der Waals surface area contributed by atoms with E-state index in [2.05, 4.69) is 0 Å². The highest BCUT2D eigenvalue weighted by molar-refractivity contribution is 5.94. The molecule has 0 atom stereocenters. The number of benzene rings is 1. The van der Waals surface area contributed by atoms with Gasteiger partial charge >= 0.3 is 0 Å². The van der Waals surface area contributed by atoms with Gasteiger partial charge in [-0.2, -0.15) is 4.57 Å². The second-order valence-corrected chi connectivity index (χ2v) is 4.35. The molecule has 0 N–H and O–H groups in total. The summed E-state index contributed by atoms with van der Waals surface area (Å²) in [5.41, 5.74) is 1.85.